The minimum Gasteiger partial charge on any atom is -0.493 e. The van der Waals surface area contributed by atoms with Crippen LogP contribution in [0.4, 0.5) is 0 Å². The standard InChI is InChI=1S/C23H26N2O7S/c1-5-32-20-11-15(9-10-19(20)31-3)18(13-33(4,29)30)25-22(27)17-8-6-7-16(12-24-14(2)26)21(17)23(25)28/h6-11,18H,5,12-13H2,1-4H3,(H,24,26). The molecule has 0 bridgehead atoms. The van der Waals surface area contributed by atoms with Crippen molar-refractivity contribution in [1.82, 2.24) is 10.2 Å². The Balaban J connectivity index is 2.10. The predicted molar refractivity (Wildman–Crippen MR) is 121 cm³/mol. The van der Waals surface area contributed by atoms with Crippen LogP contribution >= 0.6 is 0 Å². The third-order valence-corrected chi connectivity index (χ3v) is 6.13. The molecule has 1 N–H and O–H groups in total. The molecule has 0 fully saturated rings. The average Bonchev–Trinajstić information content (AvgIpc) is 3.01. The second-order valence-electron chi connectivity index (χ2n) is 7.68. The van der Waals surface area contributed by atoms with Crippen LogP contribution in [0.5, 0.6) is 11.5 Å². The van der Waals surface area contributed by atoms with Crippen LogP contribution in [0.25, 0.3) is 0 Å². The van der Waals surface area contributed by atoms with Crippen molar-refractivity contribution in [3.05, 3.63) is 58.7 Å². The van der Waals surface area contributed by atoms with Gasteiger partial charge in [0, 0.05) is 19.7 Å². The Hall–Kier alpha value is -3.40. The first kappa shape index (κ1) is 24.2. The molecule has 3 amide bonds. The third kappa shape index (κ3) is 5.16. The number of imide groups is 1. The molecule has 1 aliphatic heterocycles. The Morgan fingerprint density at radius 2 is 1.85 bits per heavy atom. The number of sulfone groups is 1. The minimum absolute atomic E-state index is 0.0686. The van der Waals surface area contributed by atoms with Crippen LogP contribution in [0.15, 0.2) is 36.4 Å². The molecule has 0 spiro atoms. The van der Waals surface area contributed by atoms with Crippen LogP contribution in [0.1, 0.15) is 51.7 Å². The molecular weight excluding hydrogens is 448 g/mol. The fourth-order valence-electron chi connectivity index (χ4n) is 3.80. The summed E-state index contributed by atoms with van der Waals surface area (Å²) < 4.78 is 35.5. The zero-order valence-electron chi connectivity index (χ0n) is 18.9. The van der Waals surface area contributed by atoms with E-state index in [9.17, 15) is 22.8 Å². The number of carbonyl (C=O) groups excluding carboxylic acids is 3. The molecule has 2 aromatic carbocycles. The number of benzene rings is 2. The molecular formula is C23H26N2O7S. The normalized spacial score (nSPS) is 14.1. The summed E-state index contributed by atoms with van der Waals surface area (Å²) in [5, 5.41) is 2.63. The fourth-order valence-corrected chi connectivity index (χ4v) is 4.71. The smallest absolute Gasteiger partial charge is 0.262 e. The van der Waals surface area contributed by atoms with Crippen LogP contribution in [0, 0.1) is 0 Å². The first-order valence-electron chi connectivity index (χ1n) is 10.3. The Labute approximate surface area is 192 Å². The Kier molecular flexibility index (Phi) is 7.06. The molecule has 0 saturated carbocycles. The maximum Gasteiger partial charge on any atom is 0.262 e. The summed E-state index contributed by atoms with van der Waals surface area (Å²) in [7, 11) is -2.11. The summed E-state index contributed by atoms with van der Waals surface area (Å²) >= 11 is 0. The molecule has 2 aromatic rings. The predicted octanol–water partition coefficient (Wildman–Crippen LogP) is 2.11. The molecule has 0 saturated heterocycles. The van der Waals surface area contributed by atoms with E-state index < -0.39 is 33.4 Å². The SMILES string of the molecule is CCOc1cc(C(CS(C)(=O)=O)N2C(=O)c3cccc(CNC(C)=O)c3C2=O)ccc1OC. The minimum atomic E-state index is -3.59. The van der Waals surface area contributed by atoms with Crippen molar-refractivity contribution in [1.29, 1.82) is 0 Å². The van der Waals surface area contributed by atoms with Gasteiger partial charge in [0.1, 0.15) is 9.84 Å². The zero-order chi connectivity index (χ0) is 24.3. The van der Waals surface area contributed by atoms with E-state index >= 15 is 0 Å². The molecule has 3 rings (SSSR count). The van der Waals surface area contributed by atoms with Crippen molar-refractivity contribution < 1.29 is 32.3 Å². The molecule has 1 unspecified atom stereocenters. The first-order chi connectivity index (χ1) is 15.6. The number of fused-ring (bicyclic) bond motifs is 1. The van der Waals surface area contributed by atoms with Gasteiger partial charge in [-0.25, -0.2) is 8.42 Å². The number of rotatable bonds is 9. The van der Waals surface area contributed by atoms with Crippen molar-refractivity contribution in [2.45, 2.75) is 26.4 Å². The summed E-state index contributed by atoms with van der Waals surface area (Å²) in [6, 6.07) is 8.51. The lowest BCUT2D eigenvalue weighted by molar-refractivity contribution is -0.119. The highest BCUT2D eigenvalue weighted by Gasteiger charge is 2.43. The van der Waals surface area contributed by atoms with Gasteiger partial charge in [-0.15, -0.1) is 0 Å². The Bertz CT molecular complexity index is 1210. The number of hydrogen-bond donors (Lipinski definition) is 1. The number of carbonyl (C=O) groups is 3. The van der Waals surface area contributed by atoms with Gasteiger partial charge in [-0.1, -0.05) is 18.2 Å². The summed E-state index contributed by atoms with van der Waals surface area (Å²) in [6.07, 6.45) is 1.05. The van der Waals surface area contributed by atoms with Crippen LogP contribution in [-0.2, 0) is 21.2 Å². The van der Waals surface area contributed by atoms with Gasteiger partial charge in [0.15, 0.2) is 11.5 Å². The highest BCUT2D eigenvalue weighted by atomic mass is 32.2. The molecule has 0 radical (unpaired) electrons. The maximum atomic E-state index is 13.4. The lowest BCUT2D eigenvalue weighted by Gasteiger charge is -2.27. The fraction of sp³-hybridized carbons (Fsp3) is 0.348. The van der Waals surface area contributed by atoms with E-state index in [4.69, 9.17) is 9.47 Å². The highest BCUT2D eigenvalue weighted by molar-refractivity contribution is 7.90. The van der Waals surface area contributed by atoms with Crippen LogP contribution in [0.2, 0.25) is 0 Å². The topological polar surface area (TPSA) is 119 Å². The summed E-state index contributed by atoms with van der Waals surface area (Å²) in [6.45, 7) is 3.56. The molecule has 0 aliphatic carbocycles. The number of methoxy groups -OCH3 is 1. The lowest BCUT2D eigenvalue weighted by atomic mass is 10.0. The van der Waals surface area contributed by atoms with Gasteiger partial charge >= 0.3 is 0 Å². The molecule has 0 aromatic heterocycles. The van der Waals surface area contributed by atoms with E-state index in [2.05, 4.69) is 5.32 Å². The maximum absolute atomic E-state index is 13.4. The second kappa shape index (κ2) is 9.62. The first-order valence-corrected chi connectivity index (χ1v) is 12.4. The molecule has 9 nitrogen and oxygen atoms in total. The molecule has 10 heteroatoms. The van der Waals surface area contributed by atoms with Gasteiger partial charge in [-0.05, 0) is 36.2 Å². The molecule has 176 valence electrons. The third-order valence-electron chi connectivity index (χ3n) is 5.20. The van der Waals surface area contributed by atoms with Gasteiger partial charge in [-0.2, -0.15) is 0 Å². The number of nitrogens with zero attached hydrogens (tertiary/aromatic N) is 1. The van der Waals surface area contributed by atoms with E-state index in [1.165, 1.54) is 20.1 Å². The number of ether oxygens (including phenoxy) is 2. The molecule has 1 aliphatic rings. The molecule has 33 heavy (non-hydrogen) atoms. The summed E-state index contributed by atoms with van der Waals surface area (Å²) in [5.74, 6) is -1.13. The lowest BCUT2D eigenvalue weighted by Crippen LogP contribution is -2.38. The molecule has 1 atom stereocenters. The Morgan fingerprint density at radius 3 is 2.45 bits per heavy atom. The monoisotopic (exact) mass is 474 g/mol. The van der Waals surface area contributed by atoms with Crippen molar-refractivity contribution in [3.8, 4) is 11.5 Å². The van der Waals surface area contributed by atoms with Crippen molar-refractivity contribution in [2.75, 3.05) is 25.7 Å². The van der Waals surface area contributed by atoms with E-state index in [0.29, 0.717) is 29.2 Å². The van der Waals surface area contributed by atoms with Crippen molar-refractivity contribution in [2.24, 2.45) is 0 Å². The van der Waals surface area contributed by atoms with E-state index in [1.807, 2.05) is 0 Å². The second-order valence-corrected chi connectivity index (χ2v) is 9.87. The quantitative estimate of drug-likeness (QED) is 0.553. The van der Waals surface area contributed by atoms with Gasteiger partial charge in [0.05, 0.1) is 36.6 Å². The van der Waals surface area contributed by atoms with Gasteiger partial charge in [0.25, 0.3) is 11.8 Å². The molecule has 1 heterocycles. The zero-order valence-corrected chi connectivity index (χ0v) is 19.7. The van der Waals surface area contributed by atoms with Crippen LogP contribution in [-0.4, -0.2) is 56.8 Å². The largest absolute Gasteiger partial charge is 0.493 e. The van der Waals surface area contributed by atoms with Gasteiger partial charge < -0.3 is 14.8 Å². The summed E-state index contributed by atoms with van der Waals surface area (Å²) in [4.78, 5) is 39.1. The van der Waals surface area contributed by atoms with Gasteiger partial charge in [-0.3, -0.25) is 19.3 Å². The van der Waals surface area contributed by atoms with Crippen LogP contribution in [0.3, 0.4) is 0 Å². The Morgan fingerprint density at radius 1 is 1.12 bits per heavy atom. The average molecular weight is 475 g/mol. The van der Waals surface area contributed by atoms with Crippen LogP contribution < -0.4 is 14.8 Å². The number of nitrogens with one attached hydrogen (secondary N) is 1. The summed E-state index contributed by atoms with van der Waals surface area (Å²) in [5.41, 5.74) is 1.22. The van der Waals surface area contributed by atoms with E-state index in [0.717, 1.165) is 11.2 Å². The highest BCUT2D eigenvalue weighted by Crippen LogP contribution is 2.37. The van der Waals surface area contributed by atoms with E-state index in [-0.39, 0.29) is 23.6 Å². The van der Waals surface area contributed by atoms with Gasteiger partial charge in [0.2, 0.25) is 5.91 Å². The van der Waals surface area contributed by atoms with Crippen molar-refractivity contribution in [3.63, 3.8) is 0 Å². The van der Waals surface area contributed by atoms with E-state index in [1.54, 1.807) is 37.3 Å². The van der Waals surface area contributed by atoms with Crippen molar-refractivity contribution >= 4 is 27.6 Å². The number of hydrogen-bond acceptors (Lipinski definition) is 7. The number of amides is 3.